The molecular formula is C15H30O2. The summed E-state index contributed by atoms with van der Waals surface area (Å²) in [6, 6.07) is 0. The predicted octanol–water partition coefficient (Wildman–Crippen LogP) is 3.91. The Morgan fingerprint density at radius 3 is 2.59 bits per heavy atom. The van der Waals surface area contributed by atoms with Crippen LogP contribution in [0.2, 0.25) is 0 Å². The van der Waals surface area contributed by atoms with Crippen LogP contribution < -0.4 is 0 Å². The number of rotatable bonds is 7. The van der Waals surface area contributed by atoms with Gasteiger partial charge in [-0.1, -0.05) is 52.9 Å². The van der Waals surface area contributed by atoms with Crippen molar-refractivity contribution in [2.45, 2.75) is 84.3 Å². The van der Waals surface area contributed by atoms with E-state index in [0.29, 0.717) is 0 Å². The van der Waals surface area contributed by atoms with Crippen LogP contribution in [0.25, 0.3) is 0 Å². The van der Waals surface area contributed by atoms with E-state index >= 15 is 0 Å². The molecule has 0 aromatic carbocycles. The van der Waals surface area contributed by atoms with Gasteiger partial charge in [0, 0.05) is 6.61 Å². The maximum Gasteiger partial charge on any atom is 0.0852 e. The van der Waals surface area contributed by atoms with Gasteiger partial charge in [-0.2, -0.15) is 0 Å². The lowest BCUT2D eigenvalue weighted by atomic mass is 9.73. The van der Waals surface area contributed by atoms with Crippen molar-refractivity contribution in [3.05, 3.63) is 0 Å². The van der Waals surface area contributed by atoms with E-state index in [4.69, 9.17) is 4.74 Å². The van der Waals surface area contributed by atoms with Gasteiger partial charge in [-0.3, -0.25) is 0 Å². The maximum absolute atomic E-state index is 10.2. The highest BCUT2D eigenvalue weighted by Crippen LogP contribution is 2.36. The van der Waals surface area contributed by atoms with Crippen molar-refractivity contribution in [1.82, 2.24) is 0 Å². The fourth-order valence-corrected chi connectivity index (χ4v) is 2.68. The zero-order valence-corrected chi connectivity index (χ0v) is 11.9. The summed E-state index contributed by atoms with van der Waals surface area (Å²) in [5.74, 6) is 0. The molecule has 1 fully saturated rings. The van der Waals surface area contributed by atoms with E-state index in [1.54, 1.807) is 0 Å². The molecule has 0 aromatic rings. The minimum Gasteiger partial charge on any atom is -0.390 e. The molecule has 102 valence electrons. The number of hydrogen-bond acceptors (Lipinski definition) is 2. The Balaban J connectivity index is 2.14. The quantitative estimate of drug-likeness (QED) is 0.686. The van der Waals surface area contributed by atoms with Crippen molar-refractivity contribution in [3.63, 3.8) is 0 Å². The zero-order chi connectivity index (χ0) is 12.7. The lowest BCUT2D eigenvalue weighted by Crippen LogP contribution is -2.44. The van der Waals surface area contributed by atoms with Crippen LogP contribution in [0, 0.1) is 5.41 Å². The monoisotopic (exact) mass is 242 g/mol. The Hall–Kier alpha value is -0.0800. The second-order valence-electron chi connectivity index (χ2n) is 6.15. The van der Waals surface area contributed by atoms with Gasteiger partial charge in [-0.05, 0) is 24.7 Å². The van der Waals surface area contributed by atoms with E-state index in [9.17, 15) is 5.11 Å². The number of hydrogen-bond donors (Lipinski definition) is 1. The Morgan fingerprint density at radius 2 is 1.88 bits per heavy atom. The molecule has 1 aliphatic rings. The zero-order valence-electron chi connectivity index (χ0n) is 11.9. The fraction of sp³-hybridized carbons (Fsp3) is 1.00. The van der Waals surface area contributed by atoms with Gasteiger partial charge < -0.3 is 9.84 Å². The summed E-state index contributed by atoms with van der Waals surface area (Å²) in [5, 5.41) is 10.2. The standard InChI is InChI=1S/C15H30O2/c1-4-5-6-7-8-12-17-13-10-9-11-15(2,3)14(13)16/h13-14,16H,4-12H2,1-3H3. The molecule has 1 rings (SSSR count). The first-order chi connectivity index (χ1) is 8.08. The molecule has 0 spiro atoms. The van der Waals surface area contributed by atoms with Crippen molar-refractivity contribution >= 4 is 0 Å². The SMILES string of the molecule is CCCCCCCOC1CCCC(C)(C)C1O. The van der Waals surface area contributed by atoms with Gasteiger partial charge in [0.1, 0.15) is 0 Å². The number of aliphatic hydroxyl groups excluding tert-OH is 1. The molecule has 0 heterocycles. The molecule has 2 heteroatoms. The lowest BCUT2D eigenvalue weighted by Gasteiger charge is -2.40. The van der Waals surface area contributed by atoms with Gasteiger partial charge in [0.2, 0.25) is 0 Å². The third-order valence-electron chi connectivity index (χ3n) is 4.04. The highest BCUT2D eigenvalue weighted by molar-refractivity contribution is 4.88. The molecule has 0 aliphatic heterocycles. The van der Waals surface area contributed by atoms with Gasteiger partial charge in [0.05, 0.1) is 12.2 Å². The summed E-state index contributed by atoms with van der Waals surface area (Å²) < 4.78 is 5.86. The van der Waals surface area contributed by atoms with Crippen molar-refractivity contribution in [1.29, 1.82) is 0 Å². The van der Waals surface area contributed by atoms with E-state index in [2.05, 4.69) is 20.8 Å². The van der Waals surface area contributed by atoms with Crippen LogP contribution in [0.1, 0.15) is 72.1 Å². The third-order valence-corrected chi connectivity index (χ3v) is 4.04. The highest BCUT2D eigenvalue weighted by atomic mass is 16.5. The van der Waals surface area contributed by atoms with Gasteiger partial charge in [-0.25, -0.2) is 0 Å². The molecule has 1 saturated carbocycles. The van der Waals surface area contributed by atoms with Crippen LogP contribution in [0.5, 0.6) is 0 Å². The molecule has 17 heavy (non-hydrogen) atoms. The summed E-state index contributed by atoms with van der Waals surface area (Å²) in [7, 11) is 0. The first kappa shape index (κ1) is 15.0. The number of ether oxygens (including phenoxy) is 1. The molecule has 2 nitrogen and oxygen atoms in total. The Morgan fingerprint density at radius 1 is 1.18 bits per heavy atom. The first-order valence-corrected chi connectivity index (χ1v) is 7.37. The first-order valence-electron chi connectivity index (χ1n) is 7.37. The summed E-state index contributed by atoms with van der Waals surface area (Å²) in [6.45, 7) is 7.35. The van der Waals surface area contributed by atoms with E-state index in [-0.39, 0.29) is 17.6 Å². The van der Waals surface area contributed by atoms with Crippen LogP contribution in [-0.4, -0.2) is 23.9 Å². The van der Waals surface area contributed by atoms with E-state index in [0.717, 1.165) is 25.9 Å². The second kappa shape index (κ2) is 7.38. The van der Waals surface area contributed by atoms with E-state index in [1.807, 2.05) is 0 Å². The molecule has 0 bridgehead atoms. The van der Waals surface area contributed by atoms with Crippen LogP contribution in [0.4, 0.5) is 0 Å². The van der Waals surface area contributed by atoms with Crippen LogP contribution in [0.3, 0.4) is 0 Å². The predicted molar refractivity (Wildman–Crippen MR) is 72.1 cm³/mol. The molecule has 0 saturated heterocycles. The summed E-state index contributed by atoms with van der Waals surface area (Å²) in [6.07, 6.45) is 9.46. The minimum atomic E-state index is -0.285. The number of aliphatic hydroxyl groups is 1. The average Bonchev–Trinajstić information content (AvgIpc) is 2.29. The summed E-state index contributed by atoms with van der Waals surface area (Å²) >= 11 is 0. The van der Waals surface area contributed by atoms with Crippen molar-refractivity contribution < 1.29 is 9.84 Å². The number of unbranched alkanes of at least 4 members (excludes halogenated alkanes) is 4. The lowest BCUT2D eigenvalue weighted by molar-refractivity contribution is -0.112. The van der Waals surface area contributed by atoms with Crippen molar-refractivity contribution in [3.8, 4) is 0 Å². The molecule has 2 atom stereocenters. The Labute approximate surface area is 107 Å². The third kappa shape index (κ3) is 4.97. The van der Waals surface area contributed by atoms with Gasteiger partial charge in [-0.15, -0.1) is 0 Å². The summed E-state index contributed by atoms with van der Waals surface area (Å²) in [5.41, 5.74) is 0.0329. The van der Waals surface area contributed by atoms with Crippen molar-refractivity contribution in [2.75, 3.05) is 6.61 Å². The van der Waals surface area contributed by atoms with E-state index < -0.39 is 0 Å². The molecule has 1 aliphatic carbocycles. The van der Waals surface area contributed by atoms with Crippen LogP contribution >= 0.6 is 0 Å². The molecule has 0 aromatic heterocycles. The minimum absolute atomic E-state index is 0.0329. The van der Waals surface area contributed by atoms with Gasteiger partial charge in [0.15, 0.2) is 0 Å². The Bertz CT molecular complexity index is 201. The van der Waals surface area contributed by atoms with Crippen LogP contribution in [-0.2, 0) is 4.74 Å². The maximum atomic E-state index is 10.2. The normalized spacial score (nSPS) is 28.2. The van der Waals surface area contributed by atoms with E-state index in [1.165, 1.54) is 32.1 Å². The molecule has 0 amide bonds. The van der Waals surface area contributed by atoms with Crippen molar-refractivity contribution in [2.24, 2.45) is 5.41 Å². The molecule has 2 unspecified atom stereocenters. The average molecular weight is 242 g/mol. The topological polar surface area (TPSA) is 29.5 Å². The molecular weight excluding hydrogens is 212 g/mol. The molecule has 0 radical (unpaired) electrons. The van der Waals surface area contributed by atoms with Gasteiger partial charge in [0.25, 0.3) is 0 Å². The fourth-order valence-electron chi connectivity index (χ4n) is 2.68. The van der Waals surface area contributed by atoms with Crippen LogP contribution in [0.15, 0.2) is 0 Å². The largest absolute Gasteiger partial charge is 0.390 e. The Kier molecular flexibility index (Phi) is 6.50. The molecule has 1 N–H and O–H groups in total. The second-order valence-corrected chi connectivity index (χ2v) is 6.15. The summed E-state index contributed by atoms with van der Waals surface area (Å²) in [4.78, 5) is 0. The van der Waals surface area contributed by atoms with Gasteiger partial charge >= 0.3 is 0 Å². The highest BCUT2D eigenvalue weighted by Gasteiger charge is 2.38. The smallest absolute Gasteiger partial charge is 0.0852 e.